The van der Waals surface area contributed by atoms with E-state index in [-0.39, 0.29) is 22.8 Å². The van der Waals surface area contributed by atoms with Gasteiger partial charge in [0.1, 0.15) is 17.6 Å². The fourth-order valence-electron chi connectivity index (χ4n) is 3.13. The molecular formula is C19H13BrFN5O3. The highest BCUT2D eigenvalue weighted by molar-refractivity contribution is 9.10. The Morgan fingerprint density at radius 3 is 2.66 bits per heavy atom. The number of benzene rings is 2. The minimum atomic E-state index is -0.801. The third-order valence-electron chi connectivity index (χ3n) is 4.42. The van der Waals surface area contributed by atoms with Gasteiger partial charge >= 0.3 is 5.97 Å². The molecule has 1 aliphatic rings. The third kappa shape index (κ3) is 3.42. The summed E-state index contributed by atoms with van der Waals surface area (Å²) < 4.78 is 20.4. The van der Waals surface area contributed by atoms with Gasteiger partial charge in [0.15, 0.2) is 5.78 Å². The molecule has 1 atom stereocenters. The van der Waals surface area contributed by atoms with Crippen LogP contribution in [0.25, 0.3) is 0 Å². The van der Waals surface area contributed by atoms with Crippen LogP contribution in [0.4, 0.5) is 10.3 Å². The summed E-state index contributed by atoms with van der Waals surface area (Å²) in [4.78, 5) is 25.9. The molecule has 8 nitrogen and oxygen atoms in total. The van der Waals surface area contributed by atoms with Crippen molar-refractivity contribution < 1.29 is 18.7 Å². The fourth-order valence-corrected chi connectivity index (χ4v) is 3.55. The number of rotatable bonds is 4. The average molecular weight is 458 g/mol. The molecule has 0 saturated heterocycles. The summed E-state index contributed by atoms with van der Waals surface area (Å²) in [5.74, 6) is -1.52. The van der Waals surface area contributed by atoms with Crippen LogP contribution in [0, 0.1) is 5.82 Å². The molecule has 1 N–H and O–H groups in total. The van der Waals surface area contributed by atoms with E-state index < -0.39 is 23.6 Å². The van der Waals surface area contributed by atoms with Crippen molar-refractivity contribution in [2.24, 2.45) is 0 Å². The Balaban J connectivity index is 1.95. The lowest BCUT2D eigenvalue weighted by molar-refractivity contribution is -0.136. The molecular weight excluding hydrogens is 445 g/mol. The highest BCUT2D eigenvalue weighted by Gasteiger charge is 2.38. The third-order valence-corrected chi connectivity index (χ3v) is 4.92. The number of carbonyl (C=O) groups is 2. The van der Waals surface area contributed by atoms with Crippen LogP contribution in [0.3, 0.4) is 0 Å². The van der Waals surface area contributed by atoms with Crippen LogP contribution in [-0.4, -0.2) is 39.1 Å². The number of ether oxygens (including phenoxy) is 1. The maximum absolute atomic E-state index is 13.4. The number of halogens is 2. The Morgan fingerprint density at radius 1 is 1.21 bits per heavy atom. The molecule has 0 aliphatic carbocycles. The maximum Gasteiger partial charge on any atom is 0.355 e. The first kappa shape index (κ1) is 18.9. The summed E-state index contributed by atoms with van der Waals surface area (Å²) in [5.41, 5.74) is 0.887. The number of allylic oxidation sites excluding steroid dienone is 1. The Bertz CT molecular complexity index is 1140. The number of nitrogens with zero attached hydrogens (tertiary/aromatic N) is 4. The van der Waals surface area contributed by atoms with Gasteiger partial charge in [0, 0.05) is 10.0 Å². The minimum absolute atomic E-state index is 0.0749. The van der Waals surface area contributed by atoms with Gasteiger partial charge in [0.05, 0.1) is 12.7 Å². The molecule has 0 saturated carbocycles. The number of carbonyl (C=O) groups excluding carboxylic acids is 2. The quantitative estimate of drug-likeness (QED) is 0.474. The van der Waals surface area contributed by atoms with Crippen molar-refractivity contribution in [1.29, 1.82) is 0 Å². The Kier molecular flexibility index (Phi) is 4.93. The van der Waals surface area contributed by atoms with Gasteiger partial charge < -0.3 is 10.1 Å². The van der Waals surface area contributed by atoms with Crippen LogP contribution >= 0.6 is 15.9 Å². The summed E-state index contributed by atoms with van der Waals surface area (Å²) >= 11 is 3.42. The van der Waals surface area contributed by atoms with Crippen molar-refractivity contribution in [3.63, 3.8) is 0 Å². The van der Waals surface area contributed by atoms with Gasteiger partial charge in [-0.25, -0.2) is 9.18 Å². The van der Waals surface area contributed by atoms with Crippen molar-refractivity contribution in [3.8, 4) is 0 Å². The molecule has 0 radical (unpaired) electrons. The highest BCUT2D eigenvalue weighted by Crippen LogP contribution is 2.37. The zero-order valence-electron chi connectivity index (χ0n) is 15.0. The van der Waals surface area contributed by atoms with Crippen LogP contribution in [0.1, 0.15) is 22.0 Å². The molecule has 3 aromatic rings. The second-order valence-electron chi connectivity index (χ2n) is 6.15. The lowest BCUT2D eigenvalue weighted by atomic mass is 9.89. The second kappa shape index (κ2) is 7.55. The number of hydrogen-bond acceptors (Lipinski definition) is 7. The van der Waals surface area contributed by atoms with Gasteiger partial charge in [0.25, 0.3) is 0 Å². The number of aromatic nitrogens is 4. The molecule has 0 spiro atoms. The van der Waals surface area contributed by atoms with Gasteiger partial charge in [-0.2, -0.15) is 4.68 Å². The van der Waals surface area contributed by atoms with E-state index in [2.05, 4.69) is 36.8 Å². The summed E-state index contributed by atoms with van der Waals surface area (Å²) in [5, 5.41) is 14.3. The standard InChI is InChI=1S/C19H13BrFN5O3/c1-29-18(28)15-14(17(27)10-5-7-13(21)8-6-10)16(11-3-2-4-12(20)9-11)26-19(22-15)23-24-25-26/h2-9,16H,1H3,(H,22,23,25)/t16-/m0/s1. The van der Waals surface area contributed by atoms with Gasteiger partial charge in [0.2, 0.25) is 5.95 Å². The largest absolute Gasteiger partial charge is 0.464 e. The zero-order valence-corrected chi connectivity index (χ0v) is 16.6. The molecule has 1 aliphatic heterocycles. The fraction of sp³-hybridized carbons (Fsp3) is 0.105. The predicted octanol–water partition coefficient (Wildman–Crippen LogP) is 2.90. The number of ketones is 1. The summed E-state index contributed by atoms with van der Waals surface area (Å²) in [6.07, 6.45) is 0. The van der Waals surface area contributed by atoms with E-state index in [4.69, 9.17) is 4.74 Å². The van der Waals surface area contributed by atoms with E-state index in [1.54, 1.807) is 18.2 Å². The molecule has 29 heavy (non-hydrogen) atoms. The van der Waals surface area contributed by atoms with Crippen molar-refractivity contribution in [2.75, 3.05) is 12.4 Å². The molecule has 2 heterocycles. The number of esters is 1. The van der Waals surface area contributed by atoms with E-state index in [1.807, 2.05) is 6.07 Å². The average Bonchev–Trinajstić information content (AvgIpc) is 3.20. The number of nitrogens with one attached hydrogen (secondary N) is 1. The second-order valence-corrected chi connectivity index (χ2v) is 7.06. The summed E-state index contributed by atoms with van der Waals surface area (Å²) in [7, 11) is 1.21. The highest BCUT2D eigenvalue weighted by atomic mass is 79.9. The summed E-state index contributed by atoms with van der Waals surface area (Å²) in [6.45, 7) is 0. The van der Waals surface area contributed by atoms with Crippen LogP contribution in [0.15, 0.2) is 64.3 Å². The molecule has 10 heteroatoms. The number of anilines is 1. The first-order valence-electron chi connectivity index (χ1n) is 8.42. The first-order valence-corrected chi connectivity index (χ1v) is 9.22. The molecule has 0 fully saturated rings. The summed E-state index contributed by atoms with van der Waals surface area (Å²) in [6, 6.07) is 11.5. The number of methoxy groups -OCH3 is 1. The van der Waals surface area contributed by atoms with E-state index in [9.17, 15) is 14.0 Å². The minimum Gasteiger partial charge on any atom is -0.464 e. The van der Waals surface area contributed by atoms with Crippen LogP contribution in [-0.2, 0) is 9.53 Å². The molecule has 0 amide bonds. The van der Waals surface area contributed by atoms with E-state index >= 15 is 0 Å². The molecule has 1 aromatic heterocycles. The lowest BCUT2D eigenvalue weighted by Crippen LogP contribution is -2.33. The number of Topliss-reactive ketones (excluding diaryl/α,β-unsaturated/α-hetero) is 1. The molecule has 146 valence electrons. The number of fused-ring (bicyclic) bond motifs is 1. The normalized spacial score (nSPS) is 15.5. The van der Waals surface area contributed by atoms with Crippen molar-refractivity contribution in [1.82, 2.24) is 20.2 Å². The number of hydrogen-bond donors (Lipinski definition) is 1. The Morgan fingerprint density at radius 2 is 1.97 bits per heavy atom. The smallest absolute Gasteiger partial charge is 0.355 e. The van der Waals surface area contributed by atoms with Crippen molar-refractivity contribution in [2.45, 2.75) is 6.04 Å². The molecule has 0 unspecified atom stereocenters. The van der Waals surface area contributed by atoms with Crippen molar-refractivity contribution >= 4 is 33.6 Å². The van der Waals surface area contributed by atoms with E-state index in [0.29, 0.717) is 5.56 Å². The van der Waals surface area contributed by atoms with Gasteiger partial charge in [-0.1, -0.05) is 33.2 Å². The SMILES string of the molecule is COC(=O)C1=C(C(=O)c2ccc(F)cc2)[C@H](c2cccc(Br)c2)n2nnnc2N1. The molecule has 4 rings (SSSR count). The first-order chi connectivity index (χ1) is 14.0. The predicted molar refractivity (Wildman–Crippen MR) is 103 cm³/mol. The van der Waals surface area contributed by atoms with Gasteiger partial charge in [-0.3, -0.25) is 4.79 Å². The Hall–Kier alpha value is -3.40. The topological polar surface area (TPSA) is 99.0 Å². The van der Waals surface area contributed by atoms with Crippen molar-refractivity contribution in [3.05, 3.63) is 81.2 Å². The van der Waals surface area contributed by atoms with Crippen LogP contribution < -0.4 is 5.32 Å². The molecule has 0 bridgehead atoms. The van der Waals surface area contributed by atoms with E-state index in [1.165, 1.54) is 36.1 Å². The van der Waals surface area contributed by atoms with Crippen LogP contribution in [0.2, 0.25) is 0 Å². The Labute approximate surface area is 172 Å². The number of tetrazole rings is 1. The monoisotopic (exact) mass is 457 g/mol. The zero-order chi connectivity index (χ0) is 20.5. The lowest BCUT2D eigenvalue weighted by Gasteiger charge is -2.28. The van der Waals surface area contributed by atoms with Crippen LogP contribution in [0.5, 0.6) is 0 Å². The maximum atomic E-state index is 13.4. The molecule has 2 aromatic carbocycles. The van der Waals surface area contributed by atoms with E-state index in [0.717, 1.165) is 4.47 Å². The van der Waals surface area contributed by atoms with Gasteiger partial charge in [-0.05, 0) is 52.4 Å². The van der Waals surface area contributed by atoms with Gasteiger partial charge in [-0.15, -0.1) is 0 Å².